The number of halogens is 1. The topological polar surface area (TPSA) is 17.8 Å². The van der Waals surface area contributed by atoms with Gasteiger partial charge in [-0.1, -0.05) is 26.7 Å². The van der Waals surface area contributed by atoms with Gasteiger partial charge in [0.05, 0.1) is 17.4 Å². The predicted octanol–water partition coefficient (Wildman–Crippen LogP) is 7.37. The Labute approximate surface area is 179 Å². The third kappa shape index (κ3) is 3.18. The number of benzene rings is 2. The maximum absolute atomic E-state index is 13.4. The predicted molar refractivity (Wildman–Crippen MR) is 122 cm³/mol. The van der Waals surface area contributed by atoms with E-state index < -0.39 is 0 Å². The summed E-state index contributed by atoms with van der Waals surface area (Å²) >= 11 is 0. The molecule has 0 saturated heterocycles. The van der Waals surface area contributed by atoms with Crippen molar-refractivity contribution >= 4 is 10.9 Å². The smallest absolute Gasteiger partial charge is 0.123 e. The molecular formula is C27H33FN2. The molecule has 3 atom stereocenters. The van der Waals surface area contributed by atoms with Crippen molar-refractivity contribution in [2.24, 2.45) is 11.8 Å². The molecule has 1 aromatic heterocycles. The maximum Gasteiger partial charge on any atom is 0.123 e. The molecule has 0 aliphatic heterocycles. The van der Waals surface area contributed by atoms with Crippen LogP contribution >= 0.6 is 0 Å². The Balaban J connectivity index is 1.60. The van der Waals surface area contributed by atoms with Gasteiger partial charge in [0.1, 0.15) is 5.82 Å². The molecule has 2 unspecified atom stereocenters. The first-order valence-corrected chi connectivity index (χ1v) is 11.9. The van der Waals surface area contributed by atoms with Crippen LogP contribution in [0.5, 0.6) is 0 Å². The van der Waals surface area contributed by atoms with Crippen LogP contribution in [0.15, 0.2) is 42.6 Å². The van der Waals surface area contributed by atoms with Crippen LogP contribution in [0.2, 0.25) is 0 Å². The second-order valence-electron chi connectivity index (χ2n) is 9.63. The Morgan fingerprint density at radius 1 is 1.13 bits per heavy atom. The summed E-state index contributed by atoms with van der Waals surface area (Å²) in [5, 5.41) is 5.88. The van der Waals surface area contributed by atoms with Crippen LogP contribution in [-0.2, 0) is 11.8 Å². The van der Waals surface area contributed by atoms with Gasteiger partial charge in [0.25, 0.3) is 0 Å². The zero-order chi connectivity index (χ0) is 20.7. The number of hydrogen-bond donors (Lipinski definition) is 0. The fourth-order valence-corrected chi connectivity index (χ4v) is 6.60. The summed E-state index contributed by atoms with van der Waals surface area (Å²) in [6, 6.07) is 11.5. The Bertz CT molecular complexity index is 1030. The van der Waals surface area contributed by atoms with Crippen LogP contribution in [0, 0.1) is 17.7 Å². The quantitative estimate of drug-likeness (QED) is 0.444. The standard InChI is InChI=1S/C27H33FN2/c1-3-6-19-13-14-27(4-2)22(15-19)8-5-7-20-17-26-21(16-25(20)27)18-29-30(26)24-11-9-23(28)10-12-24/h9-12,16-19,22H,3-8,13-15H2,1-2H3/t19?,22?,27-/m1/s1. The molecular weight excluding hydrogens is 371 g/mol. The van der Waals surface area contributed by atoms with Crippen LogP contribution in [0.1, 0.15) is 76.3 Å². The number of nitrogens with zero attached hydrogens (tertiary/aromatic N) is 2. The van der Waals surface area contributed by atoms with Gasteiger partial charge in [-0.25, -0.2) is 9.07 Å². The number of aryl methyl sites for hydroxylation is 1. The van der Waals surface area contributed by atoms with Crippen molar-refractivity contribution in [1.29, 1.82) is 0 Å². The minimum Gasteiger partial charge on any atom is -0.233 e. The molecule has 30 heavy (non-hydrogen) atoms. The first kappa shape index (κ1) is 19.8. The molecule has 1 fully saturated rings. The highest BCUT2D eigenvalue weighted by Gasteiger charge is 2.45. The van der Waals surface area contributed by atoms with Crippen molar-refractivity contribution in [3.05, 3.63) is 59.5 Å². The highest BCUT2D eigenvalue weighted by atomic mass is 19.1. The van der Waals surface area contributed by atoms with E-state index in [2.05, 4.69) is 31.1 Å². The number of fused-ring (bicyclic) bond motifs is 4. The minimum atomic E-state index is -0.210. The van der Waals surface area contributed by atoms with Crippen LogP contribution in [0.3, 0.4) is 0 Å². The molecule has 2 aromatic carbocycles. The van der Waals surface area contributed by atoms with E-state index in [0.29, 0.717) is 5.41 Å². The zero-order valence-corrected chi connectivity index (χ0v) is 18.3. The molecule has 3 aromatic rings. The highest BCUT2D eigenvalue weighted by Crippen LogP contribution is 2.53. The molecule has 1 saturated carbocycles. The van der Waals surface area contributed by atoms with Crippen LogP contribution in [0.25, 0.3) is 16.6 Å². The molecule has 2 aliphatic carbocycles. The Morgan fingerprint density at radius 3 is 2.73 bits per heavy atom. The molecule has 158 valence electrons. The van der Waals surface area contributed by atoms with Gasteiger partial charge >= 0.3 is 0 Å². The lowest BCUT2D eigenvalue weighted by molar-refractivity contribution is 0.121. The van der Waals surface area contributed by atoms with Gasteiger partial charge in [-0.2, -0.15) is 5.10 Å². The van der Waals surface area contributed by atoms with E-state index in [9.17, 15) is 4.39 Å². The molecule has 2 aliphatic rings. The van der Waals surface area contributed by atoms with Gasteiger partial charge in [0.15, 0.2) is 0 Å². The molecule has 0 bridgehead atoms. The fraction of sp³-hybridized carbons (Fsp3) is 0.519. The zero-order valence-electron chi connectivity index (χ0n) is 18.3. The summed E-state index contributed by atoms with van der Waals surface area (Å²) in [6.07, 6.45) is 13.9. The summed E-state index contributed by atoms with van der Waals surface area (Å²) in [6.45, 7) is 4.74. The summed E-state index contributed by atoms with van der Waals surface area (Å²) in [4.78, 5) is 0. The fourth-order valence-electron chi connectivity index (χ4n) is 6.60. The molecule has 0 N–H and O–H groups in total. The summed E-state index contributed by atoms with van der Waals surface area (Å²) in [5.41, 5.74) is 5.52. The summed E-state index contributed by atoms with van der Waals surface area (Å²) < 4.78 is 15.4. The van der Waals surface area contributed by atoms with Crippen molar-refractivity contribution in [2.75, 3.05) is 0 Å². The second kappa shape index (κ2) is 7.83. The lowest BCUT2D eigenvalue weighted by Crippen LogP contribution is -2.40. The van der Waals surface area contributed by atoms with Crippen LogP contribution in [0.4, 0.5) is 4.39 Å². The largest absolute Gasteiger partial charge is 0.233 e. The Morgan fingerprint density at radius 2 is 1.97 bits per heavy atom. The van der Waals surface area contributed by atoms with Crippen molar-refractivity contribution in [3.8, 4) is 5.69 Å². The van der Waals surface area contributed by atoms with Crippen molar-refractivity contribution in [1.82, 2.24) is 9.78 Å². The van der Waals surface area contributed by atoms with E-state index in [4.69, 9.17) is 0 Å². The lowest BCUT2D eigenvalue weighted by atomic mass is 9.57. The van der Waals surface area contributed by atoms with Crippen molar-refractivity contribution in [3.63, 3.8) is 0 Å². The van der Waals surface area contributed by atoms with Crippen LogP contribution < -0.4 is 0 Å². The molecule has 5 rings (SSSR count). The van der Waals surface area contributed by atoms with E-state index in [0.717, 1.165) is 29.5 Å². The Hall–Kier alpha value is -2.16. The van der Waals surface area contributed by atoms with E-state index in [1.165, 1.54) is 74.4 Å². The van der Waals surface area contributed by atoms with Gasteiger partial charge in [0, 0.05) is 5.39 Å². The third-order valence-corrected chi connectivity index (χ3v) is 8.13. The van der Waals surface area contributed by atoms with Gasteiger partial charge in [0.2, 0.25) is 0 Å². The van der Waals surface area contributed by atoms with Crippen molar-refractivity contribution in [2.45, 2.75) is 77.0 Å². The van der Waals surface area contributed by atoms with Crippen LogP contribution in [-0.4, -0.2) is 9.78 Å². The lowest BCUT2D eigenvalue weighted by Gasteiger charge is -2.47. The molecule has 0 radical (unpaired) electrons. The van der Waals surface area contributed by atoms with Gasteiger partial charge in [-0.05, 0) is 110 Å². The average Bonchev–Trinajstić information content (AvgIpc) is 3.10. The van der Waals surface area contributed by atoms with Gasteiger partial charge in [-0.15, -0.1) is 0 Å². The maximum atomic E-state index is 13.4. The van der Waals surface area contributed by atoms with Gasteiger partial charge < -0.3 is 0 Å². The number of rotatable bonds is 4. The third-order valence-electron chi connectivity index (χ3n) is 8.13. The van der Waals surface area contributed by atoms with E-state index in [1.54, 1.807) is 5.56 Å². The SMILES string of the molecule is CCCC1CC[C@@]2(CC)c3cc4cnn(-c5ccc(F)cc5)c4cc3CCCC2C1. The molecule has 0 amide bonds. The first-order valence-electron chi connectivity index (χ1n) is 11.9. The van der Waals surface area contributed by atoms with Gasteiger partial charge in [-0.3, -0.25) is 0 Å². The first-order chi connectivity index (χ1) is 14.6. The summed E-state index contributed by atoms with van der Waals surface area (Å²) in [7, 11) is 0. The minimum absolute atomic E-state index is 0.210. The molecule has 1 heterocycles. The van der Waals surface area contributed by atoms with E-state index >= 15 is 0 Å². The van der Waals surface area contributed by atoms with Crippen molar-refractivity contribution < 1.29 is 4.39 Å². The molecule has 0 spiro atoms. The average molecular weight is 405 g/mol. The van der Waals surface area contributed by atoms with E-state index in [-0.39, 0.29) is 5.82 Å². The molecule has 2 nitrogen and oxygen atoms in total. The summed E-state index contributed by atoms with van der Waals surface area (Å²) in [5.74, 6) is 1.53. The Kier molecular flexibility index (Phi) is 5.16. The number of hydrogen-bond acceptors (Lipinski definition) is 1. The highest BCUT2D eigenvalue weighted by molar-refractivity contribution is 5.82. The second-order valence-corrected chi connectivity index (χ2v) is 9.63. The monoisotopic (exact) mass is 404 g/mol. The number of aromatic nitrogens is 2. The van der Waals surface area contributed by atoms with E-state index in [1.807, 2.05) is 23.0 Å². The molecule has 3 heteroatoms. The normalized spacial score (nSPS) is 26.2.